The van der Waals surface area contributed by atoms with Crippen molar-refractivity contribution in [1.82, 2.24) is 0 Å². The maximum atomic E-state index is 10.1. The van der Waals surface area contributed by atoms with E-state index in [4.69, 9.17) is 0 Å². The summed E-state index contributed by atoms with van der Waals surface area (Å²) in [5.41, 5.74) is 0. The van der Waals surface area contributed by atoms with E-state index in [1.54, 1.807) is 6.92 Å². The van der Waals surface area contributed by atoms with Crippen molar-refractivity contribution in [2.75, 3.05) is 0 Å². The molecule has 0 bridgehead atoms. The zero-order valence-electron chi connectivity index (χ0n) is 6.02. The van der Waals surface area contributed by atoms with Gasteiger partial charge in [0.05, 0.1) is 0 Å². The van der Waals surface area contributed by atoms with E-state index in [1.165, 1.54) is 0 Å². The van der Waals surface area contributed by atoms with Crippen LogP contribution in [-0.4, -0.2) is 5.97 Å². The van der Waals surface area contributed by atoms with Crippen LogP contribution in [0.4, 0.5) is 0 Å². The minimum atomic E-state index is -0.927. The van der Waals surface area contributed by atoms with Gasteiger partial charge in [-0.1, -0.05) is 26.7 Å². The maximum absolute atomic E-state index is 10.1. The molecule has 0 aliphatic heterocycles. The zero-order valence-corrected chi connectivity index (χ0v) is 6.02. The van der Waals surface area contributed by atoms with Crippen LogP contribution in [-0.2, 0) is 4.79 Å². The molecule has 0 spiro atoms. The summed E-state index contributed by atoms with van der Waals surface area (Å²) in [6.45, 7) is 3.73. The molecule has 0 amide bonds. The van der Waals surface area contributed by atoms with Crippen molar-refractivity contribution in [3.8, 4) is 0 Å². The van der Waals surface area contributed by atoms with Crippen LogP contribution in [0.5, 0.6) is 0 Å². The van der Waals surface area contributed by atoms with Crippen molar-refractivity contribution in [3.63, 3.8) is 0 Å². The lowest BCUT2D eigenvalue weighted by Crippen LogP contribution is -2.29. The average Bonchev–Trinajstić information content (AvgIpc) is 1.82. The van der Waals surface area contributed by atoms with Gasteiger partial charge in [-0.15, -0.1) is 0 Å². The maximum Gasteiger partial charge on any atom is 0.0442 e. The Hall–Kier alpha value is -0.530. The van der Waals surface area contributed by atoms with Gasteiger partial charge in [0.1, 0.15) is 0 Å². The van der Waals surface area contributed by atoms with Gasteiger partial charge in [-0.2, -0.15) is 0 Å². The molecule has 2 heteroatoms. The highest BCUT2D eigenvalue weighted by atomic mass is 16.4. The van der Waals surface area contributed by atoms with Gasteiger partial charge >= 0.3 is 0 Å². The molecular formula is C7H13O2-. The number of carboxylic acids is 1. The Kier molecular flexibility index (Phi) is 4.10. The Bertz CT molecular complexity index is 88.9. The van der Waals surface area contributed by atoms with Crippen LogP contribution < -0.4 is 5.11 Å². The van der Waals surface area contributed by atoms with Crippen molar-refractivity contribution < 1.29 is 9.90 Å². The lowest BCUT2D eigenvalue weighted by molar-refractivity contribution is -0.311. The standard InChI is InChI=1S/C7H14O2/c1-3-4-5-6(2)7(8)9/h6H,3-5H2,1-2H3,(H,8,9)/p-1/t6-/m1/s1. The van der Waals surface area contributed by atoms with E-state index in [0.29, 0.717) is 0 Å². The number of hydrogen-bond acceptors (Lipinski definition) is 2. The third-order valence-corrected chi connectivity index (χ3v) is 1.39. The van der Waals surface area contributed by atoms with Crippen molar-refractivity contribution in [2.24, 2.45) is 5.92 Å². The highest BCUT2D eigenvalue weighted by molar-refractivity contribution is 5.66. The van der Waals surface area contributed by atoms with Gasteiger partial charge in [-0.05, 0) is 12.3 Å². The van der Waals surface area contributed by atoms with Crippen LogP contribution in [0, 0.1) is 5.92 Å². The van der Waals surface area contributed by atoms with E-state index >= 15 is 0 Å². The lowest BCUT2D eigenvalue weighted by Gasteiger charge is -2.10. The summed E-state index contributed by atoms with van der Waals surface area (Å²) in [6, 6.07) is 0. The van der Waals surface area contributed by atoms with Crippen molar-refractivity contribution in [3.05, 3.63) is 0 Å². The zero-order chi connectivity index (χ0) is 7.28. The van der Waals surface area contributed by atoms with Crippen molar-refractivity contribution in [2.45, 2.75) is 33.1 Å². The van der Waals surface area contributed by atoms with Gasteiger partial charge < -0.3 is 9.90 Å². The fourth-order valence-electron chi connectivity index (χ4n) is 0.628. The Morgan fingerprint density at radius 2 is 2.22 bits per heavy atom. The Balaban J connectivity index is 3.27. The second-order valence-corrected chi connectivity index (χ2v) is 2.36. The number of aliphatic carboxylic acids is 1. The predicted octanol–water partition coefficient (Wildman–Crippen LogP) is 0.563. The lowest BCUT2D eigenvalue weighted by atomic mass is 10.1. The molecule has 9 heavy (non-hydrogen) atoms. The van der Waals surface area contributed by atoms with Crippen molar-refractivity contribution in [1.29, 1.82) is 0 Å². The summed E-state index contributed by atoms with van der Waals surface area (Å²) in [7, 11) is 0. The van der Waals surface area contributed by atoms with Crippen LogP contribution >= 0.6 is 0 Å². The summed E-state index contributed by atoms with van der Waals surface area (Å²) < 4.78 is 0. The van der Waals surface area contributed by atoms with Crippen LogP contribution in [0.25, 0.3) is 0 Å². The summed E-state index contributed by atoms with van der Waals surface area (Å²) >= 11 is 0. The SMILES string of the molecule is CCCC[C@@H](C)C(=O)[O-]. The number of carbonyl (C=O) groups excluding carboxylic acids is 1. The molecule has 0 aliphatic rings. The number of hydrogen-bond donors (Lipinski definition) is 0. The quantitative estimate of drug-likeness (QED) is 0.556. The van der Waals surface area contributed by atoms with Crippen LogP contribution in [0.2, 0.25) is 0 Å². The molecule has 0 aromatic rings. The minimum Gasteiger partial charge on any atom is -0.550 e. The van der Waals surface area contributed by atoms with Gasteiger partial charge in [-0.3, -0.25) is 0 Å². The molecule has 0 aliphatic carbocycles. The van der Waals surface area contributed by atoms with Gasteiger partial charge in [0, 0.05) is 5.97 Å². The summed E-state index contributed by atoms with van der Waals surface area (Å²) in [6.07, 6.45) is 2.78. The normalized spacial score (nSPS) is 13.1. The molecule has 0 fully saturated rings. The second-order valence-electron chi connectivity index (χ2n) is 2.36. The topological polar surface area (TPSA) is 40.1 Å². The smallest absolute Gasteiger partial charge is 0.0442 e. The number of rotatable bonds is 4. The van der Waals surface area contributed by atoms with Crippen LogP contribution in [0.15, 0.2) is 0 Å². The van der Waals surface area contributed by atoms with Gasteiger partial charge in [0.15, 0.2) is 0 Å². The number of carboxylic acid groups (broad SMARTS) is 1. The van der Waals surface area contributed by atoms with E-state index in [-0.39, 0.29) is 5.92 Å². The summed E-state index contributed by atoms with van der Waals surface area (Å²) in [5, 5.41) is 10.1. The van der Waals surface area contributed by atoms with Crippen LogP contribution in [0.3, 0.4) is 0 Å². The predicted molar refractivity (Wildman–Crippen MR) is 33.7 cm³/mol. The molecule has 0 rings (SSSR count). The van der Waals surface area contributed by atoms with Crippen LogP contribution in [0.1, 0.15) is 33.1 Å². The molecule has 0 aromatic carbocycles. The Morgan fingerprint density at radius 1 is 1.67 bits per heavy atom. The largest absolute Gasteiger partial charge is 0.550 e. The molecule has 0 saturated carbocycles. The first-order valence-electron chi connectivity index (χ1n) is 3.39. The van der Waals surface area contributed by atoms with Gasteiger partial charge in [-0.25, -0.2) is 0 Å². The number of carbonyl (C=O) groups is 1. The Labute approximate surface area is 55.9 Å². The fraction of sp³-hybridized carbons (Fsp3) is 0.857. The molecule has 0 aromatic heterocycles. The van der Waals surface area contributed by atoms with Gasteiger partial charge in [0.2, 0.25) is 0 Å². The number of unbranched alkanes of at least 4 members (excludes halogenated alkanes) is 1. The first-order valence-corrected chi connectivity index (χ1v) is 3.39. The van der Waals surface area contributed by atoms with E-state index in [9.17, 15) is 9.90 Å². The summed E-state index contributed by atoms with van der Waals surface area (Å²) in [5.74, 6) is -1.20. The molecule has 0 unspecified atom stereocenters. The highest BCUT2D eigenvalue weighted by Crippen LogP contribution is 2.05. The summed E-state index contributed by atoms with van der Waals surface area (Å²) in [4.78, 5) is 10.1. The molecule has 0 N–H and O–H groups in total. The molecule has 54 valence electrons. The minimum absolute atomic E-state index is 0.273. The molecular weight excluding hydrogens is 116 g/mol. The van der Waals surface area contributed by atoms with E-state index in [1.807, 2.05) is 6.92 Å². The highest BCUT2D eigenvalue weighted by Gasteiger charge is 1.99. The third-order valence-electron chi connectivity index (χ3n) is 1.39. The molecule has 1 atom stereocenters. The van der Waals surface area contributed by atoms with E-state index < -0.39 is 5.97 Å². The second kappa shape index (κ2) is 4.36. The molecule has 0 heterocycles. The fourth-order valence-corrected chi connectivity index (χ4v) is 0.628. The monoisotopic (exact) mass is 129 g/mol. The van der Waals surface area contributed by atoms with E-state index in [0.717, 1.165) is 19.3 Å². The third kappa shape index (κ3) is 4.01. The van der Waals surface area contributed by atoms with E-state index in [2.05, 4.69) is 0 Å². The first kappa shape index (κ1) is 8.47. The van der Waals surface area contributed by atoms with Crippen molar-refractivity contribution >= 4 is 5.97 Å². The average molecular weight is 129 g/mol. The molecule has 2 nitrogen and oxygen atoms in total. The molecule has 0 radical (unpaired) electrons. The van der Waals surface area contributed by atoms with Gasteiger partial charge in [0.25, 0.3) is 0 Å². The molecule has 0 saturated heterocycles. The first-order chi connectivity index (χ1) is 4.18. The Morgan fingerprint density at radius 3 is 2.56 bits per heavy atom.